The van der Waals surface area contributed by atoms with Crippen LogP contribution in [0.25, 0.3) is 0 Å². The molecular weight excluding hydrogens is 276 g/mol. The van der Waals surface area contributed by atoms with E-state index in [2.05, 4.69) is 37.0 Å². The quantitative estimate of drug-likeness (QED) is 0.780. The zero-order valence-electron chi connectivity index (χ0n) is 12.8. The van der Waals surface area contributed by atoms with Crippen molar-refractivity contribution in [1.29, 1.82) is 0 Å². The van der Waals surface area contributed by atoms with E-state index >= 15 is 0 Å². The summed E-state index contributed by atoms with van der Waals surface area (Å²) < 4.78 is 7.25. The number of aromatic nitrogens is 2. The molecule has 4 heteroatoms. The molecule has 1 unspecified atom stereocenters. The number of benzene rings is 1. The van der Waals surface area contributed by atoms with E-state index in [1.165, 1.54) is 11.1 Å². The summed E-state index contributed by atoms with van der Waals surface area (Å²) in [5, 5.41) is 10.4. The zero-order chi connectivity index (χ0) is 15.5. The molecule has 3 rings (SSSR count). The lowest BCUT2D eigenvalue weighted by atomic mass is 9.97. The molecule has 22 heavy (non-hydrogen) atoms. The normalized spacial score (nSPS) is 12.7. The van der Waals surface area contributed by atoms with Gasteiger partial charge in [0.25, 0.3) is 0 Å². The van der Waals surface area contributed by atoms with Crippen LogP contribution in [0.3, 0.4) is 0 Å². The van der Waals surface area contributed by atoms with Crippen LogP contribution in [0.2, 0.25) is 0 Å². The van der Waals surface area contributed by atoms with Crippen LogP contribution in [0.4, 0.5) is 0 Å². The molecule has 0 amide bonds. The summed E-state index contributed by atoms with van der Waals surface area (Å²) in [4.78, 5) is 4.30. The number of rotatable bonds is 5. The van der Waals surface area contributed by atoms with Crippen LogP contribution in [0.5, 0.6) is 0 Å². The summed E-state index contributed by atoms with van der Waals surface area (Å²) in [6, 6.07) is 11.9. The highest BCUT2D eigenvalue weighted by Crippen LogP contribution is 2.24. The second-order valence-corrected chi connectivity index (χ2v) is 5.68. The molecule has 0 aliphatic carbocycles. The summed E-state index contributed by atoms with van der Waals surface area (Å²) in [7, 11) is 0. The first-order valence-electron chi connectivity index (χ1n) is 7.47. The largest absolute Gasteiger partial charge is 0.466 e. The first kappa shape index (κ1) is 14.6. The van der Waals surface area contributed by atoms with Gasteiger partial charge in [0.2, 0.25) is 0 Å². The van der Waals surface area contributed by atoms with Gasteiger partial charge in [0.15, 0.2) is 6.10 Å². The molecular formula is C18H20N2O2. The minimum atomic E-state index is -0.851. The Morgan fingerprint density at radius 2 is 2.00 bits per heavy atom. The highest BCUT2D eigenvalue weighted by Gasteiger charge is 2.19. The van der Waals surface area contributed by atoms with Gasteiger partial charge in [0.05, 0.1) is 6.26 Å². The number of imidazole rings is 1. The third kappa shape index (κ3) is 2.83. The molecule has 4 nitrogen and oxygen atoms in total. The Labute approximate surface area is 130 Å². The van der Waals surface area contributed by atoms with Crippen LogP contribution >= 0.6 is 0 Å². The Morgan fingerprint density at radius 3 is 2.73 bits per heavy atom. The number of hydrogen-bond acceptors (Lipinski definition) is 3. The predicted octanol–water partition coefficient (Wildman–Crippen LogP) is 3.73. The first-order chi connectivity index (χ1) is 10.7. The van der Waals surface area contributed by atoms with Gasteiger partial charge in [-0.2, -0.15) is 0 Å². The van der Waals surface area contributed by atoms with Gasteiger partial charge < -0.3 is 14.1 Å². The van der Waals surface area contributed by atoms with E-state index in [1.54, 1.807) is 24.6 Å². The summed E-state index contributed by atoms with van der Waals surface area (Å²) >= 11 is 0. The van der Waals surface area contributed by atoms with Crippen LogP contribution in [0.15, 0.2) is 59.5 Å². The maximum Gasteiger partial charge on any atom is 0.169 e. The van der Waals surface area contributed by atoms with Gasteiger partial charge >= 0.3 is 0 Å². The Bertz CT molecular complexity index is 729. The first-order valence-corrected chi connectivity index (χ1v) is 7.47. The van der Waals surface area contributed by atoms with Gasteiger partial charge in [0.1, 0.15) is 11.6 Å². The van der Waals surface area contributed by atoms with E-state index in [-0.39, 0.29) is 0 Å². The molecule has 1 N–H and O–H groups in total. The molecule has 1 atom stereocenters. The zero-order valence-corrected chi connectivity index (χ0v) is 12.8. The minimum Gasteiger partial charge on any atom is -0.466 e. The number of aliphatic hydroxyl groups excluding tert-OH is 1. The van der Waals surface area contributed by atoms with Crippen molar-refractivity contribution < 1.29 is 9.52 Å². The summed E-state index contributed by atoms with van der Waals surface area (Å²) in [5.74, 6) is 1.55. The minimum absolute atomic E-state index is 0.457. The van der Waals surface area contributed by atoms with Gasteiger partial charge in [-0.25, -0.2) is 4.98 Å². The SMILES string of the molecule is CC(C)c1ccccc1Cn1ccnc1C(O)c1ccco1. The molecule has 0 aliphatic heterocycles. The molecule has 0 bridgehead atoms. The van der Waals surface area contributed by atoms with Crippen LogP contribution < -0.4 is 0 Å². The third-order valence-electron chi connectivity index (χ3n) is 3.82. The van der Waals surface area contributed by atoms with Gasteiger partial charge in [0, 0.05) is 18.9 Å². The summed E-state index contributed by atoms with van der Waals surface area (Å²) in [6.07, 6.45) is 4.30. The van der Waals surface area contributed by atoms with E-state index in [1.807, 2.05) is 16.8 Å². The molecule has 2 aromatic heterocycles. The fraction of sp³-hybridized carbons (Fsp3) is 0.278. The van der Waals surface area contributed by atoms with E-state index < -0.39 is 6.10 Å². The van der Waals surface area contributed by atoms with Crippen molar-refractivity contribution in [2.45, 2.75) is 32.4 Å². The molecule has 0 saturated heterocycles. The van der Waals surface area contributed by atoms with Crippen LogP contribution in [0, 0.1) is 0 Å². The lowest BCUT2D eigenvalue weighted by molar-refractivity contribution is 0.176. The fourth-order valence-corrected chi connectivity index (χ4v) is 2.70. The second-order valence-electron chi connectivity index (χ2n) is 5.68. The topological polar surface area (TPSA) is 51.2 Å². The molecule has 0 aliphatic rings. The van der Waals surface area contributed by atoms with Crippen LogP contribution in [-0.4, -0.2) is 14.7 Å². The van der Waals surface area contributed by atoms with E-state index in [9.17, 15) is 5.11 Å². The van der Waals surface area contributed by atoms with E-state index in [0.29, 0.717) is 24.0 Å². The molecule has 2 heterocycles. The average molecular weight is 296 g/mol. The lowest BCUT2D eigenvalue weighted by Gasteiger charge is -2.16. The molecule has 0 spiro atoms. The average Bonchev–Trinajstić information content (AvgIpc) is 3.18. The van der Waals surface area contributed by atoms with Crippen molar-refractivity contribution in [2.75, 3.05) is 0 Å². The molecule has 114 valence electrons. The maximum atomic E-state index is 10.4. The van der Waals surface area contributed by atoms with Crippen molar-refractivity contribution in [3.05, 3.63) is 77.8 Å². The molecule has 3 aromatic rings. The van der Waals surface area contributed by atoms with Crippen molar-refractivity contribution >= 4 is 0 Å². The Hall–Kier alpha value is -2.33. The maximum absolute atomic E-state index is 10.4. The van der Waals surface area contributed by atoms with E-state index in [4.69, 9.17) is 4.42 Å². The second kappa shape index (κ2) is 6.20. The summed E-state index contributed by atoms with van der Waals surface area (Å²) in [6.45, 7) is 5.05. The number of aliphatic hydroxyl groups is 1. The van der Waals surface area contributed by atoms with Crippen LogP contribution in [0.1, 0.15) is 48.6 Å². The third-order valence-corrected chi connectivity index (χ3v) is 3.82. The Kier molecular flexibility index (Phi) is 4.11. The predicted molar refractivity (Wildman–Crippen MR) is 84.6 cm³/mol. The highest BCUT2D eigenvalue weighted by atomic mass is 16.4. The van der Waals surface area contributed by atoms with Crippen molar-refractivity contribution in [1.82, 2.24) is 9.55 Å². The van der Waals surface area contributed by atoms with Crippen molar-refractivity contribution in [3.8, 4) is 0 Å². The van der Waals surface area contributed by atoms with E-state index in [0.717, 1.165) is 0 Å². The van der Waals surface area contributed by atoms with Gasteiger partial charge in [-0.05, 0) is 29.2 Å². The van der Waals surface area contributed by atoms with Gasteiger partial charge in [-0.15, -0.1) is 0 Å². The number of nitrogens with zero attached hydrogens (tertiary/aromatic N) is 2. The fourth-order valence-electron chi connectivity index (χ4n) is 2.70. The standard InChI is InChI=1S/C18H20N2O2/c1-13(2)15-7-4-3-6-14(15)12-20-10-9-19-18(20)17(21)16-8-5-11-22-16/h3-11,13,17,21H,12H2,1-2H3. The van der Waals surface area contributed by atoms with Crippen molar-refractivity contribution in [2.24, 2.45) is 0 Å². The molecule has 0 radical (unpaired) electrons. The molecule has 1 aromatic carbocycles. The van der Waals surface area contributed by atoms with Crippen LogP contribution in [-0.2, 0) is 6.54 Å². The molecule has 0 fully saturated rings. The lowest BCUT2D eigenvalue weighted by Crippen LogP contribution is -2.11. The Morgan fingerprint density at radius 1 is 1.18 bits per heavy atom. The highest BCUT2D eigenvalue weighted by molar-refractivity contribution is 5.30. The van der Waals surface area contributed by atoms with Gasteiger partial charge in [-0.1, -0.05) is 38.1 Å². The van der Waals surface area contributed by atoms with Gasteiger partial charge in [-0.3, -0.25) is 0 Å². The van der Waals surface area contributed by atoms with Crippen molar-refractivity contribution in [3.63, 3.8) is 0 Å². The summed E-state index contributed by atoms with van der Waals surface area (Å²) in [5.41, 5.74) is 2.55. The smallest absolute Gasteiger partial charge is 0.169 e. The Balaban J connectivity index is 1.90. The monoisotopic (exact) mass is 296 g/mol. The molecule has 0 saturated carbocycles. The number of furan rings is 1. The number of hydrogen-bond donors (Lipinski definition) is 1.